The molecule has 38 valence electrons. The van der Waals surface area contributed by atoms with Gasteiger partial charge in [0.25, 0.3) is 0 Å². The lowest BCUT2D eigenvalue weighted by Gasteiger charge is -1.84. The van der Waals surface area contributed by atoms with E-state index < -0.39 is 0 Å². The molecule has 0 bridgehead atoms. The van der Waals surface area contributed by atoms with Gasteiger partial charge in [0.15, 0.2) is 6.19 Å². The van der Waals surface area contributed by atoms with E-state index in [0.717, 1.165) is 5.92 Å². The van der Waals surface area contributed by atoms with E-state index in [9.17, 15) is 0 Å². The summed E-state index contributed by atoms with van der Waals surface area (Å²) < 4.78 is 0. The van der Waals surface area contributed by atoms with Gasteiger partial charge in [-0.1, -0.05) is 6.92 Å². The Hall–Kier alpha value is -0.710. The zero-order valence-electron chi connectivity index (χ0n) is 4.31. The zero-order valence-corrected chi connectivity index (χ0v) is 4.31. The highest BCUT2D eigenvalue weighted by Crippen LogP contribution is 2.28. The van der Waals surface area contributed by atoms with Crippen molar-refractivity contribution >= 4 is 0 Å². The zero-order chi connectivity index (χ0) is 5.28. The molecule has 2 unspecified atom stereocenters. The normalized spacial score (nSPS) is 36.6. The Labute approximate surface area is 43.1 Å². The van der Waals surface area contributed by atoms with Crippen molar-refractivity contribution in [2.75, 3.05) is 0 Å². The van der Waals surface area contributed by atoms with Crippen LogP contribution in [0.25, 0.3) is 0 Å². The van der Waals surface area contributed by atoms with Gasteiger partial charge >= 0.3 is 0 Å². The fourth-order valence-corrected chi connectivity index (χ4v) is 0.606. The SMILES string of the molecule is CC1CC1NC#N. The summed E-state index contributed by atoms with van der Waals surface area (Å²) in [7, 11) is 0. The first-order chi connectivity index (χ1) is 3.34. The van der Waals surface area contributed by atoms with Crippen molar-refractivity contribution in [1.82, 2.24) is 5.32 Å². The molecule has 1 rings (SSSR count). The van der Waals surface area contributed by atoms with Gasteiger partial charge in [-0.25, -0.2) is 0 Å². The van der Waals surface area contributed by atoms with E-state index in [2.05, 4.69) is 12.2 Å². The van der Waals surface area contributed by atoms with Crippen LogP contribution in [0.15, 0.2) is 0 Å². The van der Waals surface area contributed by atoms with Crippen LogP contribution in [0.4, 0.5) is 0 Å². The van der Waals surface area contributed by atoms with Crippen molar-refractivity contribution in [2.45, 2.75) is 19.4 Å². The summed E-state index contributed by atoms with van der Waals surface area (Å²) in [4.78, 5) is 0. The smallest absolute Gasteiger partial charge is 0.176 e. The minimum absolute atomic E-state index is 0.505. The molecule has 1 aliphatic rings. The van der Waals surface area contributed by atoms with Crippen LogP contribution in [0.5, 0.6) is 0 Å². The van der Waals surface area contributed by atoms with E-state index in [1.807, 2.05) is 6.19 Å². The monoisotopic (exact) mass is 96.1 g/mol. The molecular formula is C5H8N2. The van der Waals surface area contributed by atoms with Gasteiger partial charge in [-0.2, -0.15) is 5.26 Å². The van der Waals surface area contributed by atoms with E-state index in [-0.39, 0.29) is 0 Å². The molecule has 1 N–H and O–H groups in total. The fraction of sp³-hybridized carbons (Fsp3) is 0.800. The predicted molar refractivity (Wildman–Crippen MR) is 26.3 cm³/mol. The first-order valence-corrected chi connectivity index (χ1v) is 2.49. The molecule has 0 spiro atoms. The average Bonchev–Trinajstić information content (AvgIpc) is 2.22. The standard InChI is InChI=1S/C5H8N2/c1-4-2-5(4)7-3-6/h4-5,7H,2H2,1H3. The highest BCUT2D eigenvalue weighted by molar-refractivity contribution is 4.93. The molecule has 0 amide bonds. The third-order valence-electron chi connectivity index (χ3n) is 1.36. The Kier molecular flexibility index (Phi) is 0.900. The van der Waals surface area contributed by atoms with Gasteiger partial charge in [0.1, 0.15) is 0 Å². The molecule has 1 aliphatic carbocycles. The van der Waals surface area contributed by atoms with E-state index in [0.29, 0.717) is 6.04 Å². The van der Waals surface area contributed by atoms with Crippen LogP contribution < -0.4 is 5.32 Å². The van der Waals surface area contributed by atoms with Crippen LogP contribution >= 0.6 is 0 Å². The summed E-state index contributed by atoms with van der Waals surface area (Å²) in [6.45, 7) is 2.13. The molecule has 0 aromatic rings. The van der Waals surface area contributed by atoms with Crippen molar-refractivity contribution in [3.05, 3.63) is 0 Å². The molecule has 0 saturated heterocycles. The number of hydrogen-bond acceptors (Lipinski definition) is 2. The summed E-state index contributed by atoms with van der Waals surface area (Å²) in [5.41, 5.74) is 0. The number of nitriles is 1. The molecule has 1 saturated carbocycles. The number of nitrogens with zero attached hydrogens (tertiary/aromatic N) is 1. The summed E-state index contributed by atoms with van der Waals surface area (Å²) >= 11 is 0. The van der Waals surface area contributed by atoms with Crippen LogP contribution in [0.1, 0.15) is 13.3 Å². The summed E-state index contributed by atoms with van der Waals surface area (Å²) in [6.07, 6.45) is 3.08. The minimum atomic E-state index is 0.505. The maximum Gasteiger partial charge on any atom is 0.176 e. The molecule has 0 aliphatic heterocycles. The quantitative estimate of drug-likeness (QED) is 0.380. The van der Waals surface area contributed by atoms with Crippen LogP contribution in [0.3, 0.4) is 0 Å². The minimum Gasteiger partial charge on any atom is -0.320 e. The molecule has 2 atom stereocenters. The van der Waals surface area contributed by atoms with Crippen molar-refractivity contribution < 1.29 is 0 Å². The van der Waals surface area contributed by atoms with Crippen molar-refractivity contribution in [1.29, 1.82) is 5.26 Å². The van der Waals surface area contributed by atoms with Gasteiger partial charge in [-0.3, -0.25) is 0 Å². The van der Waals surface area contributed by atoms with Crippen molar-refractivity contribution in [2.24, 2.45) is 5.92 Å². The van der Waals surface area contributed by atoms with Crippen molar-refractivity contribution in [3.63, 3.8) is 0 Å². The van der Waals surface area contributed by atoms with Gasteiger partial charge < -0.3 is 5.32 Å². The highest BCUT2D eigenvalue weighted by atomic mass is 15.0. The van der Waals surface area contributed by atoms with E-state index in [1.54, 1.807) is 0 Å². The topological polar surface area (TPSA) is 35.8 Å². The molecular weight excluding hydrogens is 88.1 g/mol. The molecule has 0 heterocycles. The first-order valence-electron chi connectivity index (χ1n) is 2.49. The summed E-state index contributed by atoms with van der Waals surface area (Å²) in [6, 6.07) is 0.505. The molecule has 0 radical (unpaired) electrons. The number of rotatable bonds is 1. The Morgan fingerprint density at radius 1 is 1.86 bits per heavy atom. The van der Waals surface area contributed by atoms with Gasteiger partial charge in [0, 0.05) is 6.04 Å². The molecule has 0 aromatic carbocycles. The van der Waals surface area contributed by atoms with E-state index in [1.165, 1.54) is 6.42 Å². The molecule has 1 fully saturated rings. The van der Waals surface area contributed by atoms with Crippen LogP contribution in [0, 0.1) is 17.4 Å². The Morgan fingerprint density at radius 3 is 2.57 bits per heavy atom. The molecule has 2 nitrogen and oxygen atoms in total. The summed E-state index contributed by atoms with van der Waals surface area (Å²) in [5.74, 6) is 0.736. The predicted octanol–water partition coefficient (Wildman–Crippen LogP) is 0.465. The lowest BCUT2D eigenvalue weighted by atomic mass is 10.5. The van der Waals surface area contributed by atoms with Crippen LogP contribution in [-0.4, -0.2) is 6.04 Å². The van der Waals surface area contributed by atoms with Gasteiger partial charge in [-0.05, 0) is 12.3 Å². The average molecular weight is 96.1 g/mol. The maximum atomic E-state index is 8.03. The second-order valence-corrected chi connectivity index (χ2v) is 2.08. The molecule has 7 heavy (non-hydrogen) atoms. The second-order valence-electron chi connectivity index (χ2n) is 2.08. The second kappa shape index (κ2) is 1.42. The van der Waals surface area contributed by atoms with Crippen molar-refractivity contribution in [3.8, 4) is 6.19 Å². The first kappa shape index (κ1) is 4.45. The lowest BCUT2D eigenvalue weighted by Crippen LogP contribution is -2.08. The number of nitrogens with one attached hydrogen (secondary N) is 1. The molecule has 2 heteroatoms. The summed E-state index contributed by atoms with van der Waals surface area (Å²) in [5, 5.41) is 10.7. The highest BCUT2D eigenvalue weighted by Gasteiger charge is 2.31. The Bertz CT molecular complexity index is 103. The third-order valence-corrected chi connectivity index (χ3v) is 1.36. The Balaban J connectivity index is 2.12. The van der Waals surface area contributed by atoms with Crippen LogP contribution in [0.2, 0.25) is 0 Å². The van der Waals surface area contributed by atoms with E-state index >= 15 is 0 Å². The van der Waals surface area contributed by atoms with Gasteiger partial charge in [0.2, 0.25) is 0 Å². The van der Waals surface area contributed by atoms with E-state index in [4.69, 9.17) is 5.26 Å². The maximum absolute atomic E-state index is 8.03. The van der Waals surface area contributed by atoms with Gasteiger partial charge in [0.05, 0.1) is 0 Å². The third kappa shape index (κ3) is 0.833. The number of hydrogen-bond donors (Lipinski definition) is 1. The largest absolute Gasteiger partial charge is 0.320 e. The van der Waals surface area contributed by atoms with Crippen LogP contribution in [-0.2, 0) is 0 Å². The Morgan fingerprint density at radius 2 is 2.43 bits per heavy atom. The molecule has 0 aromatic heterocycles. The lowest BCUT2D eigenvalue weighted by molar-refractivity contribution is 0.794. The van der Waals surface area contributed by atoms with Gasteiger partial charge in [-0.15, -0.1) is 0 Å². The fourth-order valence-electron chi connectivity index (χ4n) is 0.606.